The first kappa shape index (κ1) is 11.7. The molecule has 0 saturated heterocycles. The van der Waals surface area contributed by atoms with Crippen LogP contribution < -0.4 is 5.73 Å². The van der Waals surface area contributed by atoms with Gasteiger partial charge < -0.3 is 10.6 Å². The van der Waals surface area contributed by atoms with Gasteiger partial charge in [0, 0.05) is 12.4 Å². The van der Waals surface area contributed by atoms with Gasteiger partial charge in [0.2, 0.25) is 0 Å². The van der Waals surface area contributed by atoms with E-state index in [4.69, 9.17) is 10.6 Å². The molecule has 1 aliphatic heterocycles. The molecule has 0 radical (unpaired) electrons. The van der Waals surface area contributed by atoms with E-state index >= 15 is 0 Å². The molecular weight excluding hydrogens is 240 g/mol. The van der Waals surface area contributed by atoms with Gasteiger partial charge in [0.25, 0.3) is 0 Å². The first-order valence-electron chi connectivity index (χ1n) is 6.04. The Balaban J connectivity index is 1.82. The maximum Gasteiger partial charge on any atom is 0.304 e. The van der Waals surface area contributed by atoms with Crippen molar-refractivity contribution in [3.63, 3.8) is 0 Å². The zero-order valence-electron chi connectivity index (χ0n) is 10.3. The predicted octanol–water partition coefficient (Wildman–Crippen LogP) is 1.84. The highest BCUT2D eigenvalue weighted by Gasteiger charge is 2.28. The molecule has 0 bridgehead atoms. The molecule has 3 rings (SSSR count). The van der Waals surface area contributed by atoms with Gasteiger partial charge in [-0.05, 0) is 17.2 Å². The molecule has 0 saturated carbocycles. The maximum atomic E-state index is 5.68. The van der Waals surface area contributed by atoms with Crippen molar-refractivity contribution in [1.29, 1.82) is 0 Å². The largest absolute Gasteiger partial charge is 0.365 e. The molecule has 0 fully saturated rings. The molecule has 5 heteroatoms. The van der Waals surface area contributed by atoms with Crippen LogP contribution in [0.2, 0.25) is 0 Å². The van der Waals surface area contributed by atoms with Gasteiger partial charge >= 0.3 is 6.02 Å². The molecule has 2 heterocycles. The fourth-order valence-electron chi connectivity index (χ4n) is 2.03. The number of nitrogens with zero attached hydrogens (tertiary/aromatic N) is 3. The molecule has 1 aromatic heterocycles. The third kappa shape index (κ3) is 2.56. The summed E-state index contributed by atoms with van der Waals surface area (Å²) in [4.78, 5) is 13.9. The van der Waals surface area contributed by atoms with E-state index in [2.05, 4.69) is 9.98 Å². The van der Waals surface area contributed by atoms with E-state index in [0.29, 0.717) is 6.54 Å². The number of pyridine rings is 1. The third-order valence-electron chi connectivity index (χ3n) is 2.89. The summed E-state index contributed by atoms with van der Waals surface area (Å²) >= 11 is 0. The summed E-state index contributed by atoms with van der Waals surface area (Å²) in [6.07, 6.45) is 3.34. The van der Waals surface area contributed by atoms with Crippen LogP contribution in [-0.2, 0) is 11.4 Å². The lowest BCUT2D eigenvalue weighted by Gasteiger charge is -2.20. The summed E-state index contributed by atoms with van der Waals surface area (Å²) in [7, 11) is 0. The normalized spacial score (nSPS) is 18.9. The van der Waals surface area contributed by atoms with Crippen LogP contribution in [0.15, 0.2) is 59.9 Å². The summed E-state index contributed by atoms with van der Waals surface area (Å²) < 4.78 is 0. The van der Waals surface area contributed by atoms with Crippen LogP contribution in [0.4, 0.5) is 0 Å². The molecule has 1 atom stereocenters. The molecule has 1 unspecified atom stereocenters. The number of hydrogen-bond donors (Lipinski definition) is 1. The van der Waals surface area contributed by atoms with Gasteiger partial charge in [0.15, 0.2) is 6.17 Å². The molecule has 2 N–H and O–H groups in total. The predicted molar refractivity (Wildman–Crippen MR) is 71.7 cm³/mol. The monoisotopic (exact) mass is 254 g/mol. The SMILES string of the molecule is NC1=NC(c2ccccc2)N(Cc2cccnc2)O1. The minimum absolute atomic E-state index is 0.192. The van der Waals surface area contributed by atoms with Crippen LogP contribution in [-0.4, -0.2) is 16.1 Å². The number of hydroxylamine groups is 2. The highest BCUT2D eigenvalue weighted by atomic mass is 16.7. The van der Waals surface area contributed by atoms with E-state index in [1.54, 1.807) is 17.5 Å². The minimum atomic E-state index is -0.207. The summed E-state index contributed by atoms with van der Waals surface area (Å²) in [6.45, 7) is 0.581. The van der Waals surface area contributed by atoms with Crippen LogP contribution in [0.5, 0.6) is 0 Å². The van der Waals surface area contributed by atoms with E-state index in [9.17, 15) is 0 Å². The Morgan fingerprint density at radius 3 is 2.74 bits per heavy atom. The number of hydrogen-bond acceptors (Lipinski definition) is 5. The fraction of sp³-hybridized carbons (Fsp3) is 0.143. The summed E-state index contributed by atoms with van der Waals surface area (Å²) in [6, 6.07) is 14.0. The Hall–Kier alpha value is -2.40. The standard InChI is InChI=1S/C14H14N4O/c15-14-17-13(12-6-2-1-3-7-12)18(19-14)10-11-5-4-8-16-9-11/h1-9,13H,10H2,(H2,15,17). The van der Waals surface area contributed by atoms with Crippen LogP contribution in [0.25, 0.3) is 0 Å². The van der Waals surface area contributed by atoms with Gasteiger partial charge in [-0.3, -0.25) is 4.98 Å². The molecule has 1 aromatic carbocycles. The maximum absolute atomic E-state index is 5.68. The molecule has 0 aliphatic carbocycles. The van der Waals surface area contributed by atoms with Crippen molar-refractivity contribution in [2.75, 3.05) is 0 Å². The second kappa shape index (κ2) is 5.07. The Kier molecular flexibility index (Phi) is 3.12. The molecular formula is C14H14N4O. The number of nitrogens with two attached hydrogens (primary N) is 1. The molecule has 2 aromatic rings. The highest BCUT2D eigenvalue weighted by Crippen LogP contribution is 2.28. The van der Waals surface area contributed by atoms with Crippen molar-refractivity contribution < 1.29 is 4.84 Å². The summed E-state index contributed by atoms with van der Waals surface area (Å²) in [5, 5.41) is 1.75. The smallest absolute Gasteiger partial charge is 0.304 e. The fourth-order valence-corrected chi connectivity index (χ4v) is 2.03. The molecule has 0 amide bonds. The molecule has 1 aliphatic rings. The van der Waals surface area contributed by atoms with Crippen molar-refractivity contribution in [2.24, 2.45) is 10.7 Å². The molecule has 5 nitrogen and oxygen atoms in total. The van der Waals surface area contributed by atoms with Crippen molar-refractivity contribution >= 4 is 6.02 Å². The second-order valence-corrected chi connectivity index (χ2v) is 4.28. The summed E-state index contributed by atoms with van der Waals surface area (Å²) in [5.41, 5.74) is 7.77. The topological polar surface area (TPSA) is 63.7 Å². The van der Waals surface area contributed by atoms with Crippen molar-refractivity contribution in [3.05, 3.63) is 66.0 Å². The zero-order chi connectivity index (χ0) is 13.1. The van der Waals surface area contributed by atoms with Crippen molar-refractivity contribution in [2.45, 2.75) is 12.7 Å². The number of aromatic nitrogens is 1. The Morgan fingerprint density at radius 1 is 1.16 bits per heavy atom. The summed E-state index contributed by atoms with van der Waals surface area (Å²) in [5.74, 6) is 0. The quantitative estimate of drug-likeness (QED) is 0.907. The van der Waals surface area contributed by atoms with Gasteiger partial charge in [-0.25, -0.2) is 4.99 Å². The molecule has 0 spiro atoms. The van der Waals surface area contributed by atoms with Crippen LogP contribution in [0.3, 0.4) is 0 Å². The Morgan fingerprint density at radius 2 is 2.00 bits per heavy atom. The first-order valence-corrected chi connectivity index (χ1v) is 6.04. The second-order valence-electron chi connectivity index (χ2n) is 4.28. The van der Waals surface area contributed by atoms with Gasteiger partial charge in [0.1, 0.15) is 0 Å². The number of rotatable bonds is 3. The van der Waals surface area contributed by atoms with Crippen LogP contribution in [0, 0.1) is 0 Å². The first-order chi connectivity index (χ1) is 9.33. The average molecular weight is 254 g/mol. The van der Waals surface area contributed by atoms with E-state index in [1.807, 2.05) is 42.5 Å². The zero-order valence-corrected chi connectivity index (χ0v) is 10.3. The van der Waals surface area contributed by atoms with E-state index in [0.717, 1.165) is 11.1 Å². The van der Waals surface area contributed by atoms with Crippen molar-refractivity contribution in [3.8, 4) is 0 Å². The Bertz CT molecular complexity index is 571. The number of aliphatic imine (C=N–C) groups is 1. The molecule has 96 valence electrons. The average Bonchev–Trinajstić information content (AvgIpc) is 2.82. The number of amidine groups is 1. The van der Waals surface area contributed by atoms with Gasteiger partial charge in [-0.1, -0.05) is 36.4 Å². The van der Waals surface area contributed by atoms with Crippen LogP contribution in [0.1, 0.15) is 17.3 Å². The lowest BCUT2D eigenvalue weighted by molar-refractivity contribution is -0.0944. The lowest BCUT2D eigenvalue weighted by atomic mass is 10.1. The van der Waals surface area contributed by atoms with Gasteiger partial charge in [-0.2, -0.15) is 0 Å². The number of benzene rings is 1. The molecule has 19 heavy (non-hydrogen) atoms. The minimum Gasteiger partial charge on any atom is -0.365 e. The third-order valence-corrected chi connectivity index (χ3v) is 2.89. The highest BCUT2D eigenvalue weighted by molar-refractivity contribution is 5.72. The lowest BCUT2D eigenvalue weighted by Crippen LogP contribution is -2.25. The van der Waals surface area contributed by atoms with Crippen molar-refractivity contribution in [1.82, 2.24) is 10.0 Å². The Labute approximate surface area is 111 Å². The van der Waals surface area contributed by atoms with E-state index in [1.165, 1.54) is 0 Å². The van der Waals surface area contributed by atoms with Crippen LogP contribution >= 0.6 is 0 Å². The van der Waals surface area contributed by atoms with E-state index in [-0.39, 0.29) is 12.2 Å². The van der Waals surface area contributed by atoms with Gasteiger partial charge in [0.05, 0.1) is 6.54 Å². The van der Waals surface area contributed by atoms with E-state index < -0.39 is 0 Å². The van der Waals surface area contributed by atoms with Gasteiger partial charge in [-0.15, -0.1) is 5.06 Å².